The van der Waals surface area contributed by atoms with E-state index in [0.717, 1.165) is 49.4 Å². The van der Waals surface area contributed by atoms with Crippen molar-refractivity contribution in [3.05, 3.63) is 23.8 Å². The lowest BCUT2D eigenvalue weighted by Gasteiger charge is -2.68. The molecule has 4 fully saturated rings. The van der Waals surface area contributed by atoms with Gasteiger partial charge in [-0.3, -0.25) is 9.69 Å². The molecule has 6 nitrogen and oxygen atoms in total. The number of methoxy groups -OCH3 is 2. The number of nitrogens with zero attached hydrogens (tertiary/aromatic N) is 1. The minimum absolute atomic E-state index is 0.106. The Bertz CT molecular complexity index is 850. The Labute approximate surface area is 197 Å². The molecular weight excluding hydrogens is 418 g/mol. The van der Waals surface area contributed by atoms with Crippen LogP contribution in [0.15, 0.2) is 18.2 Å². The van der Waals surface area contributed by atoms with Gasteiger partial charge in [0.2, 0.25) is 0 Å². The summed E-state index contributed by atoms with van der Waals surface area (Å²) in [6.07, 6.45) is 6.59. The van der Waals surface area contributed by atoms with Gasteiger partial charge in [-0.15, -0.1) is 0 Å². The van der Waals surface area contributed by atoms with Crippen LogP contribution >= 0.6 is 0 Å². The minimum atomic E-state index is -0.557. The summed E-state index contributed by atoms with van der Waals surface area (Å²) in [5.41, 5.74) is 0.985. The second-order valence-electron chi connectivity index (χ2n) is 10.8. The number of carbonyl (C=O) groups excluding carboxylic acids is 1. The zero-order valence-corrected chi connectivity index (χ0v) is 20.3. The van der Waals surface area contributed by atoms with Gasteiger partial charge in [-0.25, -0.2) is 0 Å². The van der Waals surface area contributed by atoms with Gasteiger partial charge in [-0.1, -0.05) is 13.0 Å². The lowest BCUT2D eigenvalue weighted by atomic mass is 9.47. The Morgan fingerprint density at radius 1 is 1.12 bits per heavy atom. The maximum atomic E-state index is 13.1. The molecule has 33 heavy (non-hydrogen) atoms. The molecule has 2 saturated heterocycles. The minimum Gasteiger partial charge on any atom is -0.496 e. The van der Waals surface area contributed by atoms with E-state index in [4.69, 9.17) is 14.2 Å². The Balaban J connectivity index is 1.35. The number of aliphatic hydroxyl groups is 1. The Morgan fingerprint density at radius 3 is 2.45 bits per heavy atom. The molecule has 2 bridgehead atoms. The van der Waals surface area contributed by atoms with Crippen LogP contribution in [0.4, 0.5) is 0 Å². The molecule has 1 N–H and O–H groups in total. The zero-order valence-electron chi connectivity index (χ0n) is 20.3. The predicted octanol–water partition coefficient (Wildman–Crippen LogP) is 3.83. The number of benzene rings is 1. The Kier molecular flexibility index (Phi) is 6.34. The van der Waals surface area contributed by atoms with Crippen LogP contribution in [0.25, 0.3) is 0 Å². The van der Waals surface area contributed by atoms with Crippen molar-refractivity contribution in [3.63, 3.8) is 0 Å². The molecule has 7 atom stereocenters. The number of aliphatic hydroxyl groups excluding tert-OH is 1. The van der Waals surface area contributed by atoms with E-state index in [-0.39, 0.29) is 29.8 Å². The monoisotopic (exact) mass is 457 g/mol. The van der Waals surface area contributed by atoms with Crippen LogP contribution < -0.4 is 9.47 Å². The van der Waals surface area contributed by atoms with Crippen LogP contribution in [0.5, 0.6) is 11.5 Å². The van der Waals surface area contributed by atoms with Gasteiger partial charge >= 0.3 is 5.97 Å². The van der Waals surface area contributed by atoms with E-state index in [0.29, 0.717) is 18.3 Å². The second-order valence-corrected chi connectivity index (χ2v) is 10.8. The van der Waals surface area contributed by atoms with E-state index in [1.807, 2.05) is 18.2 Å². The third-order valence-corrected chi connectivity index (χ3v) is 9.17. The highest BCUT2D eigenvalue weighted by atomic mass is 16.6. The molecule has 0 aromatic heterocycles. The fourth-order valence-electron chi connectivity index (χ4n) is 8.13. The van der Waals surface area contributed by atoms with Gasteiger partial charge in [-0.2, -0.15) is 0 Å². The van der Waals surface area contributed by atoms with Gasteiger partial charge < -0.3 is 19.3 Å². The molecule has 0 radical (unpaired) electrons. The van der Waals surface area contributed by atoms with E-state index >= 15 is 0 Å². The lowest BCUT2D eigenvalue weighted by molar-refractivity contribution is -0.243. The van der Waals surface area contributed by atoms with Gasteiger partial charge in [-0.05, 0) is 87.9 Å². The Hall–Kier alpha value is -1.79. The maximum Gasteiger partial charge on any atom is 0.306 e. The van der Waals surface area contributed by atoms with Crippen LogP contribution in [0, 0.1) is 23.7 Å². The van der Waals surface area contributed by atoms with Crippen LogP contribution in [0.2, 0.25) is 0 Å². The van der Waals surface area contributed by atoms with E-state index in [2.05, 4.69) is 11.8 Å². The van der Waals surface area contributed by atoms with Gasteiger partial charge in [0, 0.05) is 23.4 Å². The number of carbonyl (C=O) groups is 1. The first kappa shape index (κ1) is 23.0. The number of hydrogen-bond acceptors (Lipinski definition) is 6. The van der Waals surface area contributed by atoms with Gasteiger partial charge in [0.15, 0.2) is 0 Å². The summed E-state index contributed by atoms with van der Waals surface area (Å²) in [5.74, 6) is 2.81. The highest BCUT2D eigenvalue weighted by Gasteiger charge is 2.65. The van der Waals surface area contributed by atoms with Gasteiger partial charge in [0.1, 0.15) is 17.6 Å². The van der Waals surface area contributed by atoms with Crippen molar-refractivity contribution in [3.8, 4) is 11.5 Å². The summed E-state index contributed by atoms with van der Waals surface area (Å²) < 4.78 is 17.1. The molecule has 0 unspecified atom stereocenters. The first-order chi connectivity index (χ1) is 16.0. The van der Waals surface area contributed by atoms with Crippen LogP contribution in [-0.4, -0.2) is 61.0 Å². The topological polar surface area (TPSA) is 68.2 Å². The van der Waals surface area contributed by atoms with Crippen molar-refractivity contribution in [2.45, 2.75) is 76.0 Å². The lowest BCUT2D eigenvalue weighted by Crippen LogP contribution is -2.75. The summed E-state index contributed by atoms with van der Waals surface area (Å²) >= 11 is 0. The quantitative estimate of drug-likeness (QED) is 0.655. The zero-order chi connectivity index (χ0) is 23.2. The molecule has 2 aliphatic heterocycles. The fourth-order valence-corrected chi connectivity index (χ4v) is 8.13. The molecule has 5 rings (SSSR count). The van der Waals surface area contributed by atoms with Crippen LogP contribution in [0.3, 0.4) is 0 Å². The molecule has 1 spiro atoms. The summed E-state index contributed by atoms with van der Waals surface area (Å²) in [6.45, 7) is 4.64. The second kappa shape index (κ2) is 9.10. The number of ether oxygens (including phenoxy) is 3. The largest absolute Gasteiger partial charge is 0.496 e. The summed E-state index contributed by atoms with van der Waals surface area (Å²) in [4.78, 5) is 15.8. The first-order valence-electron chi connectivity index (χ1n) is 12.8. The molecule has 4 aliphatic rings. The Morgan fingerprint density at radius 2 is 1.79 bits per heavy atom. The van der Waals surface area contributed by atoms with E-state index < -0.39 is 12.2 Å². The molecule has 182 valence electrons. The summed E-state index contributed by atoms with van der Waals surface area (Å²) in [6, 6.07) is 5.65. The molecule has 2 saturated carbocycles. The van der Waals surface area contributed by atoms with Crippen molar-refractivity contribution in [2.75, 3.05) is 27.3 Å². The molecule has 2 aliphatic carbocycles. The molecule has 6 heteroatoms. The predicted molar refractivity (Wildman–Crippen MR) is 125 cm³/mol. The van der Waals surface area contributed by atoms with E-state index in [1.54, 1.807) is 14.2 Å². The van der Waals surface area contributed by atoms with Crippen molar-refractivity contribution in [2.24, 2.45) is 23.7 Å². The van der Waals surface area contributed by atoms with Crippen molar-refractivity contribution >= 4 is 5.97 Å². The average Bonchev–Trinajstić information content (AvgIpc) is 2.82. The molecule has 1 aromatic rings. The highest BCUT2D eigenvalue weighted by molar-refractivity contribution is 5.70. The highest BCUT2D eigenvalue weighted by Crippen LogP contribution is 2.61. The van der Waals surface area contributed by atoms with E-state index in [9.17, 15) is 9.90 Å². The summed E-state index contributed by atoms with van der Waals surface area (Å²) in [7, 11) is 3.26. The third kappa shape index (κ3) is 3.74. The summed E-state index contributed by atoms with van der Waals surface area (Å²) in [5, 5.41) is 11.5. The molecule has 1 aromatic carbocycles. The standard InChI is InChI=1S/C27H39NO5/c1-17-15-19-20-7-5-13-28-14-6-8-21(27(20,28)16-17)26(25(19)30)33-24(29)12-11-18-22(31-2)9-4-10-23(18)32-3/h4,9-10,17,19-21,25-26,30H,5-8,11-16H2,1-3H3/t17-,19-,20-,21-,25+,26-,27-/m0/s1. The molecule has 2 heterocycles. The average molecular weight is 458 g/mol. The van der Waals surface area contributed by atoms with Crippen molar-refractivity contribution in [1.82, 2.24) is 4.90 Å². The normalized spacial score (nSPS) is 37.7. The number of piperidine rings is 2. The van der Waals surface area contributed by atoms with Crippen molar-refractivity contribution < 1.29 is 24.1 Å². The van der Waals surface area contributed by atoms with Gasteiger partial charge in [0.05, 0.1) is 20.3 Å². The third-order valence-electron chi connectivity index (χ3n) is 9.17. The van der Waals surface area contributed by atoms with Crippen LogP contribution in [-0.2, 0) is 16.0 Å². The molecular formula is C27H39NO5. The SMILES string of the molecule is COc1cccc(OC)c1CCC(=O)O[C@@H]1[C@H](O)[C@H]2C[C@H](C)C[C@@]34[C@H]2CCCN3CCC[C@@H]14. The van der Waals surface area contributed by atoms with Crippen molar-refractivity contribution in [1.29, 1.82) is 0 Å². The molecule has 0 amide bonds. The van der Waals surface area contributed by atoms with E-state index in [1.165, 1.54) is 19.3 Å². The number of rotatable bonds is 6. The first-order valence-corrected chi connectivity index (χ1v) is 12.8. The fraction of sp³-hybridized carbons (Fsp3) is 0.741. The van der Waals surface area contributed by atoms with Crippen LogP contribution in [0.1, 0.15) is 57.4 Å². The maximum absolute atomic E-state index is 13.1. The number of esters is 1. The number of hydrogen-bond donors (Lipinski definition) is 1. The smallest absolute Gasteiger partial charge is 0.306 e. The van der Waals surface area contributed by atoms with Gasteiger partial charge in [0.25, 0.3) is 0 Å².